The molecule has 100 valence electrons. The van der Waals surface area contributed by atoms with Crippen molar-refractivity contribution >= 4 is 23.2 Å². The average Bonchev–Trinajstić information content (AvgIpc) is 2.35. The zero-order chi connectivity index (χ0) is 13.1. The van der Waals surface area contributed by atoms with E-state index in [1.807, 2.05) is 12.1 Å². The van der Waals surface area contributed by atoms with Crippen molar-refractivity contribution in [1.82, 2.24) is 0 Å². The van der Waals surface area contributed by atoms with Crippen LogP contribution in [0.4, 0.5) is 0 Å². The second kappa shape index (κ2) is 6.14. The minimum atomic E-state index is 0.148. The van der Waals surface area contributed by atoms with E-state index in [2.05, 4.69) is 6.92 Å². The summed E-state index contributed by atoms with van der Waals surface area (Å²) in [6.45, 7) is 2.91. The van der Waals surface area contributed by atoms with Gasteiger partial charge >= 0.3 is 0 Å². The van der Waals surface area contributed by atoms with E-state index < -0.39 is 0 Å². The number of hydrogen-bond acceptors (Lipinski definition) is 2. The Labute approximate surface area is 118 Å². The van der Waals surface area contributed by atoms with Gasteiger partial charge in [-0.05, 0) is 37.4 Å². The zero-order valence-corrected chi connectivity index (χ0v) is 12.0. The molecule has 1 aromatic carbocycles. The molecule has 1 fully saturated rings. The van der Waals surface area contributed by atoms with E-state index in [1.165, 1.54) is 6.42 Å². The summed E-state index contributed by atoms with van der Waals surface area (Å²) in [6, 6.07) is 5.48. The Morgan fingerprint density at radius 3 is 2.83 bits per heavy atom. The highest BCUT2D eigenvalue weighted by Gasteiger charge is 2.29. The smallest absolute Gasteiger partial charge is 0.139 e. The first-order chi connectivity index (χ1) is 8.61. The SMILES string of the molecule is CC1CCC(CN)C(Oc2cccc(Cl)c2Cl)C1. The van der Waals surface area contributed by atoms with Crippen LogP contribution in [0.25, 0.3) is 0 Å². The molecule has 2 rings (SSSR count). The van der Waals surface area contributed by atoms with Crippen LogP contribution in [-0.2, 0) is 0 Å². The summed E-state index contributed by atoms with van der Waals surface area (Å²) in [4.78, 5) is 0. The summed E-state index contributed by atoms with van der Waals surface area (Å²) in [6.07, 6.45) is 3.53. The van der Waals surface area contributed by atoms with Gasteiger partial charge in [0.05, 0.1) is 5.02 Å². The maximum atomic E-state index is 6.15. The quantitative estimate of drug-likeness (QED) is 0.907. The van der Waals surface area contributed by atoms with Crippen molar-refractivity contribution in [2.45, 2.75) is 32.3 Å². The molecule has 0 spiro atoms. The fraction of sp³-hybridized carbons (Fsp3) is 0.571. The van der Waals surface area contributed by atoms with E-state index in [4.69, 9.17) is 33.7 Å². The fourth-order valence-corrected chi connectivity index (χ4v) is 2.88. The fourth-order valence-electron chi connectivity index (χ4n) is 2.54. The molecular weight excluding hydrogens is 269 g/mol. The largest absolute Gasteiger partial charge is 0.488 e. The van der Waals surface area contributed by atoms with Crippen molar-refractivity contribution in [1.29, 1.82) is 0 Å². The molecule has 0 aromatic heterocycles. The highest BCUT2D eigenvalue weighted by Crippen LogP contribution is 2.36. The molecule has 3 atom stereocenters. The molecule has 0 aliphatic heterocycles. The molecule has 3 unspecified atom stereocenters. The highest BCUT2D eigenvalue weighted by atomic mass is 35.5. The van der Waals surface area contributed by atoms with Gasteiger partial charge in [0, 0.05) is 5.92 Å². The topological polar surface area (TPSA) is 35.2 Å². The Kier molecular flexibility index (Phi) is 4.77. The van der Waals surface area contributed by atoms with Crippen LogP contribution < -0.4 is 10.5 Å². The number of benzene rings is 1. The summed E-state index contributed by atoms with van der Waals surface area (Å²) in [7, 11) is 0. The Bertz CT molecular complexity index is 411. The van der Waals surface area contributed by atoms with Crippen LogP contribution in [0, 0.1) is 11.8 Å². The lowest BCUT2D eigenvalue weighted by Gasteiger charge is -2.34. The summed E-state index contributed by atoms with van der Waals surface area (Å²) in [5.41, 5.74) is 5.82. The molecule has 0 saturated heterocycles. The number of ether oxygens (including phenoxy) is 1. The maximum Gasteiger partial charge on any atom is 0.139 e. The van der Waals surface area contributed by atoms with E-state index in [0.717, 1.165) is 12.8 Å². The van der Waals surface area contributed by atoms with E-state index >= 15 is 0 Å². The van der Waals surface area contributed by atoms with Crippen LogP contribution >= 0.6 is 23.2 Å². The van der Waals surface area contributed by atoms with Gasteiger partial charge in [-0.2, -0.15) is 0 Å². The molecule has 2 nitrogen and oxygen atoms in total. The molecule has 2 N–H and O–H groups in total. The summed E-state index contributed by atoms with van der Waals surface area (Å²) in [5.74, 6) is 1.76. The van der Waals surface area contributed by atoms with Gasteiger partial charge in [-0.15, -0.1) is 0 Å². The van der Waals surface area contributed by atoms with Crippen LogP contribution in [0.1, 0.15) is 26.2 Å². The third-order valence-electron chi connectivity index (χ3n) is 3.69. The van der Waals surface area contributed by atoms with Crippen molar-refractivity contribution in [2.24, 2.45) is 17.6 Å². The predicted octanol–water partition coefficient (Wildman–Crippen LogP) is 4.14. The van der Waals surface area contributed by atoms with Crippen LogP contribution in [0.2, 0.25) is 10.0 Å². The maximum absolute atomic E-state index is 6.15. The van der Waals surface area contributed by atoms with Crippen LogP contribution in [0.15, 0.2) is 18.2 Å². The second-order valence-corrected chi connectivity index (χ2v) is 5.91. The first kappa shape index (κ1) is 14.0. The van der Waals surface area contributed by atoms with Gasteiger partial charge in [-0.25, -0.2) is 0 Å². The third-order valence-corrected chi connectivity index (χ3v) is 4.49. The molecule has 1 aliphatic carbocycles. The molecule has 18 heavy (non-hydrogen) atoms. The molecule has 4 heteroatoms. The van der Waals surface area contributed by atoms with E-state index in [0.29, 0.717) is 34.2 Å². The summed E-state index contributed by atoms with van der Waals surface area (Å²) >= 11 is 12.1. The lowest BCUT2D eigenvalue weighted by molar-refractivity contribution is 0.0743. The summed E-state index contributed by atoms with van der Waals surface area (Å²) in [5, 5.41) is 1.02. The monoisotopic (exact) mass is 287 g/mol. The molecule has 1 aromatic rings. The first-order valence-electron chi connectivity index (χ1n) is 6.42. The predicted molar refractivity (Wildman–Crippen MR) is 76.4 cm³/mol. The van der Waals surface area contributed by atoms with Gasteiger partial charge in [0.25, 0.3) is 0 Å². The Hall–Kier alpha value is -0.440. The number of hydrogen-bond donors (Lipinski definition) is 1. The second-order valence-electron chi connectivity index (χ2n) is 5.12. The Morgan fingerprint density at radius 2 is 2.11 bits per heavy atom. The van der Waals surface area contributed by atoms with Crippen molar-refractivity contribution in [2.75, 3.05) is 6.54 Å². The van der Waals surface area contributed by atoms with Gasteiger partial charge in [0.15, 0.2) is 0 Å². The Morgan fingerprint density at radius 1 is 1.33 bits per heavy atom. The van der Waals surface area contributed by atoms with E-state index in [1.54, 1.807) is 6.07 Å². The molecular formula is C14H19Cl2NO. The van der Waals surface area contributed by atoms with Crippen LogP contribution in [-0.4, -0.2) is 12.6 Å². The normalized spacial score (nSPS) is 28.1. The van der Waals surface area contributed by atoms with Gasteiger partial charge in [0.2, 0.25) is 0 Å². The first-order valence-corrected chi connectivity index (χ1v) is 7.18. The van der Waals surface area contributed by atoms with Crippen molar-refractivity contribution in [3.8, 4) is 5.75 Å². The highest BCUT2D eigenvalue weighted by molar-refractivity contribution is 6.42. The molecule has 1 aliphatic rings. The average molecular weight is 288 g/mol. The van der Waals surface area contributed by atoms with Gasteiger partial charge < -0.3 is 10.5 Å². The third kappa shape index (κ3) is 3.11. The lowest BCUT2D eigenvalue weighted by atomic mass is 9.80. The lowest BCUT2D eigenvalue weighted by Crippen LogP contribution is -2.37. The number of nitrogens with two attached hydrogens (primary N) is 1. The number of rotatable bonds is 3. The zero-order valence-electron chi connectivity index (χ0n) is 10.5. The molecule has 0 bridgehead atoms. The van der Waals surface area contributed by atoms with Gasteiger partial charge in [-0.1, -0.05) is 42.6 Å². The standard InChI is InChI=1S/C14H19Cl2NO/c1-9-5-6-10(8-17)13(7-9)18-12-4-2-3-11(15)14(12)16/h2-4,9-10,13H,5-8,17H2,1H3. The van der Waals surface area contributed by atoms with Gasteiger partial charge in [0.1, 0.15) is 16.9 Å². The minimum Gasteiger partial charge on any atom is -0.488 e. The summed E-state index contributed by atoms with van der Waals surface area (Å²) < 4.78 is 6.04. The molecule has 1 saturated carbocycles. The molecule has 0 heterocycles. The minimum absolute atomic E-state index is 0.148. The van der Waals surface area contributed by atoms with E-state index in [9.17, 15) is 0 Å². The van der Waals surface area contributed by atoms with Crippen LogP contribution in [0.5, 0.6) is 5.75 Å². The molecule has 0 amide bonds. The molecule has 0 radical (unpaired) electrons. The van der Waals surface area contributed by atoms with Crippen molar-refractivity contribution in [3.63, 3.8) is 0 Å². The van der Waals surface area contributed by atoms with Crippen molar-refractivity contribution in [3.05, 3.63) is 28.2 Å². The van der Waals surface area contributed by atoms with Crippen LogP contribution in [0.3, 0.4) is 0 Å². The Balaban J connectivity index is 2.13. The van der Waals surface area contributed by atoms with Gasteiger partial charge in [-0.3, -0.25) is 0 Å². The van der Waals surface area contributed by atoms with E-state index in [-0.39, 0.29) is 6.10 Å². The number of halogens is 2. The van der Waals surface area contributed by atoms with Crippen molar-refractivity contribution < 1.29 is 4.74 Å².